The van der Waals surface area contributed by atoms with Crippen LogP contribution >= 0.6 is 11.8 Å². The van der Waals surface area contributed by atoms with E-state index in [4.69, 9.17) is 4.99 Å². The average molecular weight is 405 g/mol. The number of carbonyl (C=O) groups is 1. The molecule has 1 aliphatic rings. The van der Waals surface area contributed by atoms with E-state index in [9.17, 15) is 9.18 Å². The molecular formula is C24H21FN2OS. The molecule has 0 radical (unpaired) electrons. The number of carbonyl (C=O) groups excluding carboxylic acids is 1. The van der Waals surface area contributed by atoms with E-state index in [0.717, 1.165) is 38.7 Å². The van der Waals surface area contributed by atoms with Gasteiger partial charge in [0.1, 0.15) is 5.82 Å². The summed E-state index contributed by atoms with van der Waals surface area (Å²) in [6.45, 7) is 4.01. The number of aryl methyl sites for hydroxylation is 2. The van der Waals surface area contributed by atoms with Gasteiger partial charge in [0.15, 0.2) is 0 Å². The van der Waals surface area contributed by atoms with Crippen LogP contribution in [-0.4, -0.2) is 16.9 Å². The fourth-order valence-electron chi connectivity index (χ4n) is 3.39. The maximum Gasteiger partial charge on any atom is 0.225 e. The Bertz CT molecular complexity index is 1090. The number of nitrogens with one attached hydrogen (secondary N) is 1. The summed E-state index contributed by atoms with van der Waals surface area (Å²) >= 11 is 1.62. The first-order chi connectivity index (χ1) is 14.0. The Hall–Kier alpha value is -2.92. The monoisotopic (exact) mass is 404 g/mol. The lowest BCUT2D eigenvalue weighted by Crippen LogP contribution is -2.27. The van der Waals surface area contributed by atoms with Gasteiger partial charge in [-0.05, 0) is 55.3 Å². The third-order valence-electron chi connectivity index (χ3n) is 4.85. The second-order valence-electron chi connectivity index (χ2n) is 7.15. The largest absolute Gasteiger partial charge is 0.326 e. The highest BCUT2D eigenvalue weighted by atomic mass is 32.2. The number of aliphatic imine (C=N–C) groups is 1. The summed E-state index contributed by atoms with van der Waals surface area (Å²) < 4.78 is 13.4. The molecule has 0 saturated carbocycles. The van der Waals surface area contributed by atoms with E-state index >= 15 is 0 Å². The first-order valence-electron chi connectivity index (χ1n) is 9.47. The van der Waals surface area contributed by atoms with Crippen molar-refractivity contribution in [2.75, 3.05) is 5.32 Å². The number of hydrogen-bond acceptors (Lipinski definition) is 3. The second kappa shape index (κ2) is 8.21. The van der Waals surface area contributed by atoms with E-state index in [-0.39, 0.29) is 23.4 Å². The van der Waals surface area contributed by atoms with Crippen LogP contribution in [0.4, 0.5) is 15.8 Å². The highest BCUT2D eigenvalue weighted by Crippen LogP contribution is 2.40. The fourth-order valence-corrected chi connectivity index (χ4v) is 4.63. The van der Waals surface area contributed by atoms with Gasteiger partial charge in [-0.1, -0.05) is 42.0 Å². The number of fused-ring (bicyclic) bond motifs is 1. The van der Waals surface area contributed by atoms with Gasteiger partial charge in [0.2, 0.25) is 5.91 Å². The quantitative estimate of drug-likeness (QED) is 0.574. The van der Waals surface area contributed by atoms with Gasteiger partial charge < -0.3 is 5.32 Å². The summed E-state index contributed by atoms with van der Waals surface area (Å²) in [5.74, 6) is -0.356. The van der Waals surface area contributed by atoms with Crippen molar-refractivity contribution in [1.29, 1.82) is 0 Å². The highest BCUT2D eigenvalue weighted by molar-refractivity contribution is 8.01. The molecule has 1 N–H and O–H groups in total. The Kier molecular flexibility index (Phi) is 5.49. The zero-order chi connectivity index (χ0) is 20.4. The topological polar surface area (TPSA) is 41.5 Å². The van der Waals surface area contributed by atoms with E-state index in [1.165, 1.54) is 12.1 Å². The molecule has 3 aromatic carbocycles. The van der Waals surface area contributed by atoms with Crippen molar-refractivity contribution < 1.29 is 9.18 Å². The SMILES string of the molecule is Cc1ccc(NC(=O)CC2Sc3ccccc3N=C2c2ccc(F)cc2)c(C)c1. The Balaban J connectivity index is 1.60. The molecule has 3 aromatic rings. The van der Waals surface area contributed by atoms with Gasteiger partial charge in [-0.2, -0.15) is 0 Å². The molecule has 1 atom stereocenters. The average Bonchev–Trinajstić information content (AvgIpc) is 2.70. The van der Waals surface area contributed by atoms with Crippen LogP contribution in [0.1, 0.15) is 23.1 Å². The molecule has 0 fully saturated rings. The van der Waals surface area contributed by atoms with Crippen molar-refractivity contribution in [1.82, 2.24) is 0 Å². The molecule has 0 aliphatic carbocycles. The van der Waals surface area contributed by atoms with Crippen molar-refractivity contribution in [3.8, 4) is 0 Å². The fraction of sp³-hybridized carbons (Fsp3) is 0.167. The number of halogens is 1. The predicted molar refractivity (Wildman–Crippen MR) is 118 cm³/mol. The molecule has 1 amide bonds. The van der Waals surface area contributed by atoms with Crippen molar-refractivity contribution >= 4 is 34.8 Å². The number of rotatable bonds is 4. The predicted octanol–water partition coefficient (Wildman–Crippen LogP) is 6.07. The standard InChI is InChI=1S/C24H21FN2OS/c1-15-7-12-19(16(2)13-15)26-23(28)14-22-24(17-8-10-18(25)11-9-17)27-20-5-3-4-6-21(20)29-22/h3-13,22H,14H2,1-2H3,(H,26,28). The summed E-state index contributed by atoms with van der Waals surface area (Å²) in [7, 11) is 0. The number of thioether (sulfide) groups is 1. The van der Waals surface area contributed by atoms with Crippen LogP contribution in [-0.2, 0) is 4.79 Å². The third-order valence-corrected chi connectivity index (χ3v) is 6.12. The Morgan fingerprint density at radius 3 is 2.59 bits per heavy atom. The molecule has 4 rings (SSSR count). The maximum atomic E-state index is 13.4. The number of para-hydroxylation sites is 1. The zero-order valence-electron chi connectivity index (χ0n) is 16.3. The minimum Gasteiger partial charge on any atom is -0.326 e. The van der Waals surface area contributed by atoms with E-state index < -0.39 is 0 Å². The van der Waals surface area contributed by atoms with Crippen LogP contribution in [0.2, 0.25) is 0 Å². The lowest BCUT2D eigenvalue weighted by Gasteiger charge is -2.24. The van der Waals surface area contributed by atoms with Crippen molar-refractivity contribution in [2.45, 2.75) is 30.4 Å². The van der Waals surface area contributed by atoms with E-state index in [1.807, 2.05) is 56.3 Å². The van der Waals surface area contributed by atoms with E-state index in [2.05, 4.69) is 5.32 Å². The molecule has 1 unspecified atom stereocenters. The number of amides is 1. The Morgan fingerprint density at radius 2 is 1.83 bits per heavy atom. The summed E-state index contributed by atoms with van der Waals surface area (Å²) in [5.41, 5.74) is 5.52. The normalized spacial score (nSPS) is 15.4. The Morgan fingerprint density at radius 1 is 1.07 bits per heavy atom. The second-order valence-corrected chi connectivity index (χ2v) is 8.39. The first-order valence-corrected chi connectivity index (χ1v) is 10.3. The van der Waals surface area contributed by atoms with E-state index in [1.54, 1.807) is 23.9 Å². The maximum absolute atomic E-state index is 13.4. The molecule has 5 heteroatoms. The molecular weight excluding hydrogens is 383 g/mol. The minimum absolute atomic E-state index is 0.0661. The third kappa shape index (κ3) is 4.40. The molecule has 29 heavy (non-hydrogen) atoms. The van der Waals surface area contributed by atoms with Crippen LogP contribution in [0.5, 0.6) is 0 Å². The van der Waals surface area contributed by atoms with Gasteiger partial charge in [-0.15, -0.1) is 11.8 Å². The van der Waals surface area contributed by atoms with Gasteiger partial charge in [0, 0.05) is 17.0 Å². The van der Waals surface area contributed by atoms with Gasteiger partial charge in [0.05, 0.1) is 16.6 Å². The highest BCUT2D eigenvalue weighted by Gasteiger charge is 2.27. The van der Waals surface area contributed by atoms with Crippen LogP contribution < -0.4 is 5.32 Å². The van der Waals surface area contributed by atoms with Crippen LogP contribution in [0.3, 0.4) is 0 Å². The summed E-state index contributed by atoms with van der Waals surface area (Å²) in [6, 6.07) is 20.1. The summed E-state index contributed by atoms with van der Waals surface area (Å²) in [4.78, 5) is 18.7. The summed E-state index contributed by atoms with van der Waals surface area (Å²) in [5, 5.41) is 2.87. The minimum atomic E-state index is -0.289. The number of benzene rings is 3. The number of anilines is 1. The molecule has 0 aromatic heterocycles. The first kappa shape index (κ1) is 19.4. The van der Waals surface area contributed by atoms with Gasteiger partial charge >= 0.3 is 0 Å². The Labute approximate surface area is 174 Å². The van der Waals surface area contributed by atoms with E-state index in [0.29, 0.717) is 0 Å². The molecule has 1 heterocycles. The van der Waals surface area contributed by atoms with Gasteiger partial charge in [-0.3, -0.25) is 9.79 Å². The van der Waals surface area contributed by atoms with Crippen molar-refractivity contribution in [3.05, 3.63) is 89.2 Å². The molecule has 1 aliphatic heterocycles. The molecule has 0 saturated heterocycles. The molecule has 3 nitrogen and oxygen atoms in total. The number of hydrogen-bond donors (Lipinski definition) is 1. The molecule has 0 bridgehead atoms. The molecule has 146 valence electrons. The van der Waals surface area contributed by atoms with Crippen LogP contribution in [0.25, 0.3) is 0 Å². The summed E-state index contributed by atoms with van der Waals surface area (Å²) in [6.07, 6.45) is 0.280. The lowest BCUT2D eigenvalue weighted by atomic mass is 10.0. The number of nitrogens with zero attached hydrogens (tertiary/aromatic N) is 1. The van der Waals surface area contributed by atoms with Gasteiger partial charge in [0.25, 0.3) is 0 Å². The van der Waals surface area contributed by atoms with Crippen LogP contribution in [0.15, 0.2) is 76.6 Å². The van der Waals surface area contributed by atoms with Crippen molar-refractivity contribution in [3.63, 3.8) is 0 Å². The smallest absolute Gasteiger partial charge is 0.225 e. The lowest BCUT2D eigenvalue weighted by molar-refractivity contribution is -0.116. The van der Waals surface area contributed by atoms with Crippen LogP contribution in [0, 0.1) is 19.7 Å². The molecule has 0 spiro atoms. The van der Waals surface area contributed by atoms with Gasteiger partial charge in [-0.25, -0.2) is 4.39 Å². The van der Waals surface area contributed by atoms with Crippen molar-refractivity contribution in [2.24, 2.45) is 4.99 Å². The zero-order valence-corrected chi connectivity index (χ0v) is 17.1.